The maximum Gasteiger partial charge on any atom is 0.202 e. The Balaban J connectivity index is 1.51. The van der Waals surface area contributed by atoms with Crippen molar-refractivity contribution in [3.63, 3.8) is 0 Å². The van der Waals surface area contributed by atoms with E-state index >= 15 is 0 Å². The number of hydrogen-bond acceptors (Lipinski definition) is 2. The fraction of sp³-hybridized carbons (Fsp3) is 0.889. The van der Waals surface area contributed by atoms with Crippen LogP contribution in [0.4, 0.5) is 0 Å². The highest BCUT2D eigenvalue weighted by Gasteiger charge is 2.89. The highest BCUT2D eigenvalue weighted by molar-refractivity contribution is 6.41. The minimum Gasteiger partial charge on any atom is -0.291 e. The molecule has 0 heterocycles. The van der Waals surface area contributed by atoms with E-state index in [0.29, 0.717) is 22.7 Å². The lowest BCUT2D eigenvalue weighted by Crippen LogP contribution is -2.81. The van der Waals surface area contributed by atoms with Crippen molar-refractivity contribution in [2.75, 3.05) is 0 Å². The summed E-state index contributed by atoms with van der Waals surface area (Å²) in [6.45, 7) is 4.99. The molecule has 20 heavy (non-hydrogen) atoms. The first-order valence-corrected chi connectivity index (χ1v) is 8.59. The lowest BCUT2D eigenvalue weighted by Gasteiger charge is -2.83. The number of rotatable bonds is 0. The van der Waals surface area contributed by atoms with Crippen molar-refractivity contribution < 1.29 is 9.59 Å². The van der Waals surface area contributed by atoms with E-state index in [1.165, 1.54) is 19.3 Å². The number of carbonyl (C=O) groups excluding carboxylic acids is 2. The molecule has 0 aliphatic heterocycles. The van der Waals surface area contributed by atoms with Crippen molar-refractivity contribution in [1.29, 1.82) is 0 Å². The van der Waals surface area contributed by atoms with Crippen molar-refractivity contribution >= 4 is 11.6 Å². The molecule has 0 spiro atoms. The second-order valence-corrected chi connectivity index (χ2v) is 9.18. The minimum absolute atomic E-state index is 0.00568. The molecule has 6 saturated carbocycles. The van der Waals surface area contributed by atoms with Gasteiger partial charge in [-0.15, -0.1) is 0 Å². The SMILES string of the molecule is CC12C3C([C@H]4CC[C@@H]3C4)C1(C)C1C2[C@@H]2C[C@H]1C(=O)C2=O. The van der Waals surface area contributed by atoms with E-state index in [2.05, 4.69) is 13.8 Å². The van der Waals surface area contributed by atoms with Crippen molar-refractivity contribution in [3.8, 4) is 0 Å². The Labute approximate surface area is 119 Å². The maximum absolute atomic E-state index is 12.2. The standard InChI is InChI=1S/C18H22O2/c1-17-11-7-3-4-8(5-7)12(11)18(17,2)14-10-6-9(13(14)17)15(19)16(10)20/h7-14H,3-6H2,1-2H3/t7-,8+,9+,10-,11?,12?,13?,14?,17?,18?. The average Bonchev–Trinajstić information content (AvgIpc) is 3.17. The van der Waals surface area contributed by atoms with Gasteiger partial charge in [0.1, 0.15) is 0 Å². The number of Topliss-reactive ketones (excluding diaryl/α,β-unsaturated/α-hetero) is 2. The third kappa shape index (κ3) is 0.700. The fourth-order valence-electron chi connectivity index (χ4n) is 9.26. The Morgan fingerprint density at radius 2 is 1.20 bits per heavy atom. The van der Waals surface area contributed by atoms with Crippen LogP contribution in [0.1, 0.15) is 39.5 Å². The van der Waals surface area contributed by atoms with Crippen LogP contribution < -0.4 is 0 Å². The molecule has 4 bridgehead atoms. The number of carbonyl (C=O) groups is 2. The Kier molecular flexibility index (Phi) is 1.47. The van der Waals surface area contributed by atoms with Gasteiger partial charge in [-0.2, -0.15) is 0 Å². The topological polar surface area (TPSA) is 34.1 Å². The van der Waals surface area contributed by atoms with E-state index in [4.69, 9.17) is 0 Å². The number of ketones is 2. The Morgan fingerprint density at radius 3 is 1.65 bits per heavy atom. The van der Waals surface area contributed by atoms with Gasteiger partial charge in [0.2, 0.25) is 11.6 Å². The zero-order chi connectivity index (χ0) is 13.6. The molecule has 6 aliphatic carbocycles. The van der Waals surface area contributed by atoms with E-state index in [0.717, 1.165) is 30.1 Å². The second kappa shape index (κ2) is 2.68. The molecule has 10 atom stereocenters. The van der Waals surface area contributed by atoms with Gasteiger partial charge < -0.3 is 0 Å². The Bertz CT molecular complexity index is 544. The van der Waals surface area contributed by atoms with E-state index in [9.17, 15) is 9.59 Å². The summed E-state index contributed by atoms with van der Waals surface area (Å²) in [4.78, 5) is 24.4. The minimum atomic E-state index is 0.00568. The van der Waals surface area contributed by atoms with Crippen molar-refractivity contribution in [1.82, 2.24) is 0 Å². The van der Waals surface area contributed by atoms with Crippen LogP contribution in [0.5, 0.6) is 0 Å². The first-order valence-electron chi connectivity index (χ1n) is 8.59. The molecule has 6 aliphatic rings. The first kappa shape index (κ1) is 11.0. The largest absolute Gasteiger partial charge is 0.291 e. The van der Waals surface area contributed by atoms with Gasteiger partial charge in [0, 0.05) is 11.8 Å². The third-order valence-electron chi connectivity index (χ3n) is 9.52. The van der Waals surface area contributed by atoms with Crippen LogP contribution in [0.2, 0.25) is 0 Å². The van der Waals surface area contributed by atoms with E-state index in [1.54, 1.807) is 0 Å². The molecule has 0 amide bonds. The molecule has 0 aromatic carbocycles. The first-order chi connectivity index (χ1) is 9.51. The molecule has 0 radical (unpaired) electrons. The quantitative estimate of drug-likeness (QED) is 0.634. The Morgan fingerprint density at radius 1 is 0.750 bits per heavy atom. The van der Waals surface area contributed by atoms with Crippen LogP contribution in [-0.4, -0.2) is 11.6 Å². The van der Waals surface area contributed by atoms with Crippen LogP contribution in [0, 0.1) is 58.2 Å². The van der Waals surface area contributed by atoms with Crippen LogP contribution in [0.3, 0.4) is 0 Å². The van der Waals surface area contributed by atoms with E-state index < -0.39 is 0 Å². The molecular weight excluding hydrogens is 248 g/mol. The monoisotopic (exact) mass is 270 g/mol. The summed E-state index contributed by atoms with van der Waals surface area (Å²) in [6, 6.07) is 0. The number of hydrogen-bond donors (Lipinski definition) is 0. The second-order valence-electron chi connectivity index (χ2n) is 9.18. The summed E-state index contributed by atoms with van der Waals surface area (Å²) in [5, 5.41) is 0. The summed E-state index contributed by atoms with van der Waals surface area (Å²) in [6.07, 6.45) is 5.25. The molecule has 6 rings (SSSR count). The van der Waals surface area contributed by atoms with Gasteiger partial charge in [0.15, 0.2) is 0 Å². The molecule has 106 valence electrons. The zero-order valence-corrected chi connectivity index (χ0v) is 12.3. The van der Waals surface area contributed by atoms with Gasteiger partial charge in [-0.25, -0.2) is 0 Å². The van der Waals surface area contributed by atoms with Crippen LogP contribution in [0.15, 0.2) is 0 Å². The molecule has 0 aromatic heterocycles. The fourth-order valence-corrected chi connectivity index (χ4v) is 9.26. The highest BCUT2D eigenvalue weighted by Crippen LogP contribution is 2.92. The molecular formula is C18H22O2. The van der Waals surface area contributed by atoms with E-state index in [-0.39, 0.29) is 23.4 Å². The Hall–Kier alpha value is -0.660. The maximum atomic E-state index is 12.2. The predicted molar refractivity (Wildman–Crippen MR) is 72.6 cm³/mol. The van der Waals surface area contributed by atoms with Gasteiger partial charge >= 0.3 is 0 Å². The third-order valence-corrected chi connectivity index (χ3v) is 9.52. The van der Waals surface area contributed by atoms with Gasteiger partial charge in [-0.05, 0) is 72.0 Å². The average molecular weight is 270 g/mol. The van der Waals surface area contributed by atoms with Crippen molar-refractivity contribution in [2.24, 2.45) is 58.2 Å². The van der Waals surface area contributed by atoms with Gasteiger partial charge in [0.05, 0.1) is 0 Å². The summed E-state index contributed by atoms with van der Waals surface area (Å²) < 4.78 is 0. The van der Waals surface area contributed by atoms with Crippen LogP contribution in [-0.2, 0) is 9.59 Å². The lowest BCUT2D eigenvalue weighted by molar-refractivity contribution is -0.366. The van der Waals surface area contributed by atoms with Crippen LogP contribution in [0.25, 0.3) is 0 Å². The van der Waals surface area contributed by atoms with Crippen molar-refractivity contribution in [3.05, 3.63) is 0 Å². The van der Waals surface area contributed by atoms with Crippen molar-refractivity contribution in [2.45, 2.75) is 39.5 Å². The predicted octanol–water partition coefficient (Wildman–Crippen LogP) is 2.71. The molecule has 2 nitrogen and oxygen atoms in total. The molecule has 0 saturated heterocycles. The van der Waals surface area contributed by atoms with Gasteiger partial charge in [0.25, 0.3) is 0 Å². The summed E-state index contributed by atoms with van der Waals surface area (Å²) in [5.74, 6) is 5.10. The lowest BCUT2D eigenvalue weighted by atomic mass is 9.20. The molecule has 0 aromatic rings. The summed E-state index contributed by atoms with van der Waals surface area (Å²) in [7, 11) is 0. The van der Waals surface area contributed by atoms with E-state index in [1.807, 2.05) is 0 Å². The summed E-state index contributed by atoms with van der Waals surface area (Å²) in [5.41, 5.74) is 0.801. The smallest absolute Gasteiger partial charge is 0.202 e. The molecule has 0 N–H and O–H groups in total. The highest BCUT2D eigenvalue weighted by atomic mass is 16.2. The molecule has 6 unspecified atom stereocenters. The molecule has 2 heteroatoms. The van der Waals surface area contributed by atoms with Gasteiger partial charge in [-0.3, -0.25) is 9.59 Å². The van der Waals surface area contributed by atoms with Gasteiger partial charge in [-0.1, -0.05) is 13.8 Å². The van der Waals surface area contributed by atoms with Crippen LogP contribution >= 0.6 is 0 Å². The zero-order valence-electron chi connectivity index (χ0n) is 12.3. The molecule has 6 fully saturated rings. The number of fused-ring (bicyclic) bond motifs is 15. The summed E-state index contributed by atoms with van der Waals surface area (Å²) >= 11 is 0. The normalized spacial score (nSPS) is 71.3.